The van der Waals surface area contributed by atoms with Crippen molar-refractivity contribution >= 4 is 5.91 Å². The molecule has 1 amide bonds. The molecule has 1 heterocycles. The lowest BCUT2D eigenvalue weighted by Crippen LogP contribution is -2.49. The van der Waals surface area contributed by atoms with Crippen molar-refractivity contribution in [2.75, 3.05) is 19.7 Å². The highest BCUT2D eigenvalue weighted by atomic mass is 16.5. The van der Waals surface area contributed by atoms with E-state index in [1.165, 1.54) is 5.56 Å². The number of benzene rings is 1. The van der Waals surface area contributed by atoms with Gasteiger partial charge in [-0.2, -0.15) is 0 Å². The second kappa shape index (κ2) is 5.87. The van der Waals surface area contributed by atoms with Gasteiger partial charge in [-0.15, -0.1) is 0 Å². The van der Waals surface area contributed by atoms with Gasteiger partial charge in [-0.25, -0.2) is 0 Å². The Morgan fingerprint density at radius 1 is 1.50 bits per heavy atom. The topological polar surface area (TPSA) is 55.6 Å². The van der Waals surface area contributed by atoms with E-state index in [0.717, 1.165) is 25.1 Å². The fraction of sp³-hybridized carbons (Fsp3) is 0.500. The Kier molecular flexibility index (Phi) is 4.20. The van der Waals surface area contributed by atoms with Crippen molar-refractivity contribution in [1.82, 2.24) is 4.90 Å². The maximum absolute atomic E-state index is 11.8. The molecule has 0 aromatic heterocycles. The summed E-state index contributed by atoms with van der Waals surface area (Å²) in [5.41, 5.74) is 6.91. The number of nitrogens with two attached hydrogens (primary N) is 1. The third kappa shape index (κ3) is 3.23. The van der Waals surface area contributed by atoms with Crippen molar-refractivity contribution in [2.45, 2.75) is 25.8 Å². The molecule has 2 N–H and O–H groups in total. The SMILES string of the molecule is Cc1cccc(OCCN2CCCC(N)C2=O)c1. The average molecular weight is 248 g/mol. The number of aryl methyl sites for hydroxylation is 1. The molecule has 2 rings (SSSR count). The van der Waals surface area contributed by atoms with E-state index in [1.54, 1.807) is 4.90 Å². The molecular formula is C14H20N2O2. The molecular weight excluding hydrogens is 228 g/mol. The van der Waals surface area contributed by atoms with E-state index in [-0.39, 0.29) is 11.9 Å². The fourth-order valence-corrected chi connectivity index (χ4v) is 2.17. The number of nitrogens with zero attached hydrogens (tertiary/aromatic N) is 1. The molecule has 1 aromatic carbocycles. The summed E-state index contributed by atoms with van der Waals surface area (Å²) in [4.78, 5) is 13.6. The molecule has 1 unspecified atom stereocenters. The van der Waals surface area contributed by atoms with Crippen molar-refractivity contribution in [3.8, 4) is 5.75 Å². The number of amides is 1. The predicted octanol–water partition coefficient (Wildman–Crippen LogP) is 1.32. The average Bonchev–Trinajstić information content (AvgIpc) is 2.35. The van der Waals surface area contributed by atoms with Crippen LogP contribution in [0.25, 0.3) is 0 Å². The van der Waals surface area contributed by atoms with Crippen LogP contribution in [0.4, 0.5) is 0 Å². The van der Waals surface area contributed by atoms with Crippen LogP contribution >= 0.6 is 0 Å². The molecule has 0 aliphatic carbocycles. The molecule has 1 saturated heterocycles. The highest BCUT2D eigenvalue weighted by Gasteiger charge is 2.24. The highest BCUT2D eigenvalue weighted by molar-refractivity contribution is 5.82. The maximum Gasteiger partial charge on any atom is 0.239 e. The fourth-order valence-electron chi connectivity index (χ4n) is 2.17. The summed E-state index contributed by atoms with van der Waals surface area (Å²) in [6, 6.07) is 7.59. The Labute approximate surface area is 108 Å². The smallest absolute Gasteiger partial charge is 0.239 e. The van der Waals surface area contributed by atoms with Gasteiger partial charge in [-0.3, -0.25) is 4.79 Å². The molecule has 1 aromatic rings. The maximum atomic E-state index is 11.8. The molecule has 4 heteroatoms. The molecule has 98 valence electrons. The molecule has 0 radical (unpaired) electrons. The first-order chi connectivity index (χ1) is 8.66. The molecule has 0 saturated carbocycles. The number of piperidine rings is 1. The van der Waals surface area contributed by atoms with Crippen LogP contribution in [0.5, 0.6) is 5.75 Å². The van der Waals surface area contributed by atoms with Gasteiger partial charge >= 0.3 is 0 Å². The van der Waals surface area contributed by atoms with Crippen molar-refractivity contribution < 1.29 is 9.53 Å². The third-order valence-electron chi connectivity index (χ3n) is 3.19. The minimum absolute atomic E-state index is 0.0501. The Hall–Kier alpha value is -1.55. The van der Waals surface area contributed by atoms with Crippen molar-refractivity contribution in [2.24, 2.45) is 5.73 Å². The molecule has 0 bridgehead atoms. The number of likely N-dealkylation sites (tertiary alicyclic amines) is 1. The van der Waals surface area contributed by atoms with E-state index >= 15 is 0 Å². The number of ether oxygens (including phenoxy) is 1. The summed E-state index contributed by atoms with van der Waals surface area (Å²) in [7, 11) is 0. The van der Waals surface area contributed by atoms with Crippen LogP contribution in [-0.2, 0) is 4.79 Å². The minimum atomic E-state index is -0.322. The Bertz CT molecular complexity index is 420. The lowest BCUT2D eigenvalue weighted by molar-refractivity contribution is -0.135. The van der Waals surface area contributed by atoms with E-state index in [9.17, 15) is 4.79 Å². The highest BCUT2D eigenvalue weighted by Crippen LogP contribution is 2.13. The first kappa shape index (κ1) is 12.9. The van der Waals surface area contributed by atoms with Gasteiger partial charge in [0.25, 0.3) is 0 Å². The van der Waals surface area contributed by atoms with Gasteiger partial charge in [0, 0.05) is 6.54 Å². The number of hydrogen-bond acceptors (Lipinski definition) is 3. The summed E-state index contributed by atoms with van der Waals surface area (Å²) < 4.78 is 5.64. The summed E-state index contributed by atoms with van der Waals surface area (Å²) in [5, 5.41) is 0. The van der Waals surface area contributed by atoms with Crippen LogP contribution in [0.15, 0.2) is 24.3 Å². The van der Waals surface area contributed by atoms with Gasteiger partial charge in [0.1, 0.15) is 12.4 Å². The lowest BCUT2D eigenvalue weighted by Gasteiger charge is -2.30. The van der Waals surface area contributed by atoms with E-state index < -0.39 is 0 Å². The van der Waals surface area contributed by atoms with E-state index in [4.69, 9.17) is 10.5 Å². The second-order valence-electron chi connectivity index (χ2n) is 4.74. The molecule has 18 heavy (non-hydrogen) atoms. The van der Waals surface area contributed by atoms with Crippen LogP contribution in [-0.4, -0.2) is 36.5 Å². The van der Waals surface area contributed by atoms with E-state index in [0.29, 0.717) is 13.2 Å². The zero-order chi connectivity index (χ0) is 13.0. The summed E-state index contributed by atoms with van der Waals surface area (Å²) in [6.45, 7) is 3.95. The number of carbonyl (C=O) groups is 1. The van der Waals surface area contributed by atoms with Crippen molar-refractivity contribution in [1.29, 1.82) is 0 Å². The number of rotatable bonds is 4. The van der Waals surface area contributed by atoms with Gasteiger partial charge < -0.3 is 15.4 Å². The van der Waals surface area contributed by atoms with Crippen LogP contribution < -0.4 is 10.5 Å². The van der Waals surface area contributed by atoms with Gasteiger partial charge in [0.05, 0.1) is 12.6 Å². The summed E-state index contributed by atoms with van der Waals surface area (Å²) in [5.74, 6) is 0.901. The normalized spacial score (nSPS) is 20.0. The molecule has 1 aliphatic rings. The zero-order valence-electron chi connectivity index (χ0n) is 10.8. The molecule has 1 aliphatic heterocycles. The third-order valence-corrected chi connectivity index (χ3v) is 3.19. The minimum Gasteiger partial charge on any atom is -0.492 e. The molecule has 1 atom stereocenters. The first-order valence-corrected chi connectivity index (χ1v) is 6.40. The molecule has 4 nitrogen and oxygen atoms in total. The quantitative estimate of drug-likeness (QED) is 0.874. The molecule has 0 spiro atoms. The second-order valence-corrected chi connectivity index (χ2v) is 4.74. The van der Waals surface area contributed by atoms with Gasteiger partial charge in [0.15, 0.2) is 0 Å². The van der Waals surface area contributed by atoms with Crippen LogP contribution in [0.3, 0.4) is 0 Å². The zero-order valence-corrected chi connectivity index (χ0v) is 10.8. The van der Waals surface area contributed by atoms with Crippen LogP contribution in [0.1, 0.15) is 18.4 Å². The Morgan fingerprint density at radius 3 is 3.11 bits per heavy atom. The van der Waals surface area contributed by atoms with Crippen LogP contribution in [0, 0.1) is 6.92 Å². The first-order valence-electron chi connectivity index (χ1n) is 6.40. The number of hydrogen-bond donors (Lipinski definition) is 1. The summed E-state index contributed by atoms with van der Waals surface area (Å²) in [6.07, 6.45) is 1.78. The standard InChI is InChI=1S/C14H20N2O2/c1-11-4-2-5-12(10-11)18-9-8-16-7-3-6-13(15)14(16)17/h2,4-5,10,13H,3,6-9,15H2,1H3. The van der Waals surface area contributed by atoms with Crippen LogP contribution in [0.2, 0.25) is 0 Å². The Balaban J connectivity index is 1.80. The van der Waals surface area contributed by atoms with E-state index in [1.807, 2.05) is 31.2 Å². The molecule has 1 fully saturated rings. The largest absolute Gasteiger partial charge is 0.492 e. The van der Waals surface area contributed by atoms with Gasteiger partial charge in [-0.1, -0.05) is 12.1 Å². The lowest BCUT2D eigenvalue weighted by atomic mass is 10.1. The van der Waals surface area contributed by atoms with Crippen molar-refractivity contribution in [3.63, 3.8) is 0 Å². The Morgan fingerprint density at radius 2 is 2.33 bits per heavy atom. The van der Waals surface area contributed by atoms with Gasteiger partial charge in [-0.05, 0) is 37.5 Å². The van der Waals surface area contributed by atoms with E-state index in [2.05, 4.69) is 0 Å². The van der Waals surface area contributed by atoms with Crippen molar-refractivity contribution in [3.05, 3.63) is 29.8 Å². The summed E-state index contributed by atoms with van der Waals surface area (Å²) >= 11 is 0. The predicted molar refractivity (Wildman–Crippen MR) is 70.5 cm³/mol. The van der Waals surface area contributed by atoms with Gasteiger partial charge in [0.2, 0.25) is 5.91 Å². The number of carbonyl (C=O) groups excluding carboxylic acids is 1. The monoisotopic (exact) mass is 248 g/mol.